The van der Waals surface area contributed by atoms with Gasteiger partial charge in [-0.05, 0) is 48.0 Å². The molecule has 0 aliphatic carbocycles. The van der Waals surface area contributed by atoms with Crippen LogP contribution in [0.15, 0.2) is 67.0 Å². The molecular formula is C22H21N3O3. The van der Waals surface area contributed by atoms with Gasteiger partial charge in [-0.3, -0.25) is 0 Å². The van der Waals surface area contributed by atoms with Gasteiger partial charge < -0.3 is 19.5 Å². The third-order valence-electron chi connectivity index (χ3n) is 4.67. The van der Waals surface area contributed by atoms with Gasteiger partial charge in [0.05, 0.1) is 33.2 Å². The Balaban J connectivity index is 1.79. The SMILES string of the molecule is C=C1C=C(c2ccc(OC)cc2)n2ncc(-c3ccc(OC)c(OC)c3)c2N1. The van der Waals surface area contributed by atoms with Crippen molar-refractivity contribution in [2.75, 3.05) is 26.6 Å². The summed E-state index contributed by atoms with van der Waals surface area (Å²) in [6.45, 7) is 4.10. The van der Waals surface area contributed by atoms with Crippen molar-refractivity contribution in [2.45, 2.75) is 0 Å². The van der Waals surface area contributed by atoms with E-state index >= 15 is 0 Å². The minimum absolute atomic E-state index is 0.667. The second kappa shape index (κ2) is 7.15. The molecule has 0 saturated heterocycles. The highest BCUT2D eigenvalue weighted by molar-refractivity contribution is 5.85. The summed E-state index contributed by atoms with van der Waals surface area (Å²) in [6, 6.07) is 13.7. The van der Waals surface area contributed by atoms with Crippen LogP contribution in [0.4, 0.5) is 5.82 Å². The smallest absolute Gasteiger partial charge is 0.161 e. The van der Waals surface area contributed by atoms with Gasteiger partial charge in [0.1, 0.15) is 11.6 Å². The maximum absolute atomic E-state index is 5.44. The van der Waals surface area contributed by atoms with E-state index in [4.69, 9.17) is 14.2 Å². The first-order valence-corrected chi connectivity index (χ1v) is 8.77. The average Bonchev–Trinajstić information content (AvgIpc) is 3.16. The molecule has 0 radical (unpaired) electrons. The Labute approximate surface area is 163 Å². The van der Waals surface area contributed by atoms with Gasteiger partial charge in [0.2, 0.25) is 0 Å². The second-order valence-corrected chi connectivity index (χ2v) is 6.30. The van der Waals surface area contributed by atoms with Crippen LogP contribution in [-0.2, 0) is 0 Å². The quantitative estimate of drug-likeness (QED) is 0.716. The Morgan fingerprint density at radius 2 is 1.61 bits per heavy atom. The molecular weight excluding hydrogens is 354 g/mol. The fourth-order valence-electron chi connectivity index (χ4n) is 3.25. The van der Waals surface area contributed by atoms with Gasteiger partial charge in [-0.1, -0.05) is 12.6 Å². The molecule has 1 aliphatic heterocycles. The fraction of sp³-hybridized carbons (Fsp3) is 0.136. The lowest BCUT2D eigenvalue weighted by atomic mass is 10.1. The monoisotopic (exact) mass is 375 g/mol. The van der Waals surface area contributed by atoms with Crippen molar-refractivity contribution in [3.05, 3.63) is 72.6 Å². The molecule has 1 aliphatic rings. The van der Waals surface area contributed by atoms with Crippen molar-refractivity contribution in [1.29, 1.82) is 0 Å². The minimum Gasteiger partial charge on any atom is -0.497 e. The van der Waals surface area contributed by atoms with E-state index in [-0.39, 0.29) is 0 Å². The number of nitrogens with one attached hydrogen (secondary N) is 1. The molecule has 28 heavy (non-hydrogen) atoms. The summed E-state index contributed by atoms with van der Waals surface area (Å²) in [4.78, 5) is 0. The Bertz CT molecular complexity index is 1070. The molecule has 0 spiro atoms. The summed E-state index contributed by atoms with van der Waals surface area (Å²) in [7, 11) is 4.90. The van der Waals surface area contributed by atoms with Crippen LogP contribution in [0.25, 0.3) is 16.8 Å². The lowest BCUT2D eigenvalue weighted by Crippen LogP contribution is -2.13. The molecule has 0 bridgehead atoms. The molecule has 0 unspecified atom stereocenters. The Hall–Kier alpha value is -3.67. The van der Waals surface area contributed by atoms with Gasteiger partial charge in [0, 0.05) is 16.8 Å². The second-order valence-electron chi connectivity index (χ2n) is 6.30. The lowest BCUT2D eigenvalue weighted by molar-refractivity contribution is 0.355. The molecule has 2 aromatic carbocycles. The lowest BCUT2D eigenvalue weighted by Gasteiger charge is -2.21. The van der Waals surface area contributed by atoms with Gasteiger partial charge in [-0.15, -0.1) is 0 Å². The van der Waals surface area contributed by atoms with E-state index in [1.54, 1.807) is 21.3 Å². The molecule has 3 aromatic rings. The number of rotatable bonds is 5. The van der Waals surface area contributed by atoms with Crippen LogP contribution in [0.5, 0.6) is 17.2 Å². The van der Waals surface area contributed by atoms with E-state index in [2.05, 4.69) is 17.0 Å². The van der Waals surface area contributed by atoms with Gasteiger partial charge in [0.15, 0.2) is 11.5 Å². The number of hydrogen-bond donors (Lipinski definition) is 1. The molecule has 6 heteroatoms. The number of fused-ring (bicyclic) bond motifs is 1. The van der Waals surface area contributed by atoms with E-state index in [0.717, 1.165) is 39.7 Å². The Morgan fingerprint density at radius 3 is 2.29 bits per heavy atom. The zero-order valence-electron chi connectivity index (χ0n) is 16.0. The van der Waals surface area contributed by atoms with Crippen molar-refractivity contribution < 1.29 is 14.2 Å². The maximum atomic E-state index is 5.44. The topological polar surface area (TPSA) is 57.5 Å². The number of aromatic nitrogens is 2. The highest BCUT2D eigenvalue weighted by atomic mass is 16.5. The number of nitrogens with zero attached hydrogens (tertiary/aromatic N) is 2. The molecule has 142 valence electrons. The largest absolute Gasteiger partial charge is 0.497 e. The highest BCUT2D eigenvalue weighted by Gasteiger charge is 2.21. The number of ether oxygens (including phenoxy) is 3. The zero-order valence-corrected chi connectivity index (χ0v) is 16.0. The molecule has 0 fully saturated rings. The maximum Gasteiger partial charge on any atom is 0.161 e. The molecule has 0 atom stereocenters. The van der Waals surface area contributed by atoms with Crippen molar-refractivity contribution in [2.24, 2.45) is 0 Å². The first-order chi connectivity index (χ1) is 13.6. The van der Waals surface area contributed by atoms with Crippen LogP contribution in [-0.4, -0.2) is 31.1 Å². The summed E-state index contributed by atoms with van der Waals surface area (Å²) >= 11 is 0. The summed E-state index contributed by atoms with van der Waals surface area (Å²) in [6.07, 6.45) is 3.81. The van der Waals surface area contributed by atoms with E-state index in [1.807, 2.05) is 59.4 Å². The van der Waals surface area contributed by atoms with Crippen LogP contribution < -0.4 is 19.5 Å². The number of hydrogen-bond acceptors (Lipinski definition) is 5. The minimum atomic E-state index is 0.667. The van der Waals surface area contributed by atoms with E-state index < -0.39 is 0 Å². The molecule has 0 amide bonds. The van der Waals surface area contributed by atoms with Gasteiger partial charge >= 0.3 is 0 Å². The fourth-order valence-corrected chi connectivity index (χ4v) is 3.25. The average molecular weight is 375 g/mol. The summed E-state index contributed by atoms with van der Waals surface area (Å²) < 4.78 is 17.9. The number of allylic oxidation sites excluding steroid dienone is 1. The summed E-state index contributed by atoms with van der Waals surface area (Å²) in [5.41, 5.74) is 4.66. The molecule has 2 heterocycles. The Kier molecular flexibility index (Phi) is 4.53. The third kappa shape index (κ3) is 2.99. The van der Waals surface area contributed by atoms with Crippen molar-refractivity contribution >= 4 is 11.5 Å². The predicted octanol–water partition coefficient (Wildman–Crippen LogP) is 4.40. The van der Waals surface area contributed by atoms with Crippen molar-refractivity contribution in [1.82, 2.24) is 9.78 Å². The number of benzene rings is 2. The molecule has 0 saturated carbocycles. The van der Waals surface area contributed by atoms with E-state index in [1.165, 1.54) is 0 Å². The van der Waals surface area contributed by atoms with Crippen LogP contribution in [0, 0.1) is 0 Å². The molecule has 4 rings (SSSR count). The highest BCUT2D eigenvalue weighted by Crippen LogP contribution is 2.39. The molecule has 6 nitrogen and oxygen atoms in total. The van der Waals surface area contributed by atoms with Crippen LogP contribution in [0.2, 0.25) is 0 Å². The first kappa shape index (κ1) is 17.7. The van der Waals surface area contributed by atoms with Gasteiger partial charge in [-0.25, -0.2) is 4.68 Å². The van der Waals surface area contributed by atoms with Gasteiger partial charge in [-0.2, -0.15) is 5.10 Å². The normalized spacial score (nSPS) is 12.7. The number of methoxy groups -OCH3 is 3. The molecule has 1 aromatic heterocycles. The molecule has 1 N–H and O–H groups in total. The standard InChI is InChI=1S/C22H21N3O3/c1-14-11-19(15-5-8-17(26-2)9-6-15)25-22(24-14)18(13-23-25)16-7-10-20(27-3)21(12-16)28-4/h5-13,24H,1H2,2-4H3. The third-order valence-corrected chi connectivity index (χ3v) is 4.67. The Morgan fingerprint density at radius 1 is 0.893 bits per heavy atom. The van der Waals surface area contributed by atoms with Crippen LogP contribution >= 0.6 is 0 Å². The van der Waals surface area contributed by atoms with Crippen molar-refractivity contribution in [3.8, 4) is 28.4 Å². The zero-order chi connectivity index (χ0) is 19.7. The van der Waals surface area contributed by atoms with Gasteiger partial charge in [0.25, 0.3) is 0 Å². The first-order valence-electron chi connectivity index (χ1n) is 8.77. The van der Waals surface area contributed by atoms with E-state index in [0.29, 0.717) is 11.5 Å². The summed E-state index contributed by atoms with van der Waals surface area (Å²) in [5.74, 6) is 3.01. The van der Waals surface area contributed by atoms with Crippen LogP contribution in [0.3, 0.4) is 0 Å². The van der Waals surface area contributed by atoms with Crippen molar-refractivity contribution in [3.63, 3.8) is 0 Å². The summed E-state index contributed by atoms with van der Waals surface area (Å²) in [5, 5.41) is 7.94. The predicted molar refractivity (Wildman–Crippen MR) is 110 cm³/mol. The van der Waals surface area contributed by atoms with E-state index in [9.17, 15) is 0 Å². The number of anilines is 1. The van der Waals surface area contributed by atoms with Crippen LogP contribution in [0.1, 0.15) is 5.56 Å².